The van der Waals surface area contributed by atoms with E-state index in [1.54, 1.807) is 0 Å². The van der Waals surface area contributed by atoms with Crippen LogP contribution in [0, 0.1) is 6.92 Å². The van der Waals surface area contributed by atoms with Gasteiger partial charge in [0.25, 0.3) is 5.91 Å². The van der Waals surface area contributed by atoms with Gasteiger partial charge in [-0.15, -0.1) is 0 Å². The molecule has 2 aromatic rings. The molecule has 0 saturated carbocycles. The van der Waals surface area contributed by atoms with Crippen LogP contribution in [0.4, 0.5) is 5.69 Å². The molecule has 110 valence electrons. The van der Waals surface area contributed by atoms with E-state index in [1.807, 2.05) is 55.5 Å². The number of anilines is 1. The van der Waals surface area contributed by atoms with E-state index in [0.29, 0.717) is 11.6 Å². The Kier molecular flexibility index (Phi) is 5.12. The molecule has 3 heteroatoms. The number of benzene rings is 2. The number of rotatable bonds is 5. The van der Waals surface area contributed by atoms with Crippen molar-refractivity contribution in [1.29, 1.82) is 0 Å². The van der Waals surface area contributed by atoms with Crippen LogP contribution in [-0.2, 0) is 6.54 Å². The summed E-state index contributed by atoms with van der Waals surface area (Å²) >= 11 is 0. The van der Waals surface area contributed by atoms with E-state index < -0.39 is 0 Å². The third-order valence-corrected chi connectivity index (χ3v) is 3.21. The summed E-state index contributed by atoms with van der Waals surface area (Å²) in [6.07, 6.45) is 0. The zero-order valence-corrected chi connectivity index (χ0v) is 12.8. The van der Waals surface area contributed by atoms with Crippen LogP contribution in [-0.4, -0.2) is 11.9 Å². The Bertz CT molecular complexity index is 603. The lowest BCUT2D eigenvalue weighted by Crippen LogP contribution is -2.21. The molecule has 0 aliphatic rings. The quantitative estimate of drug-likeness (QED) is 0.877. The van der Waals surface area contributed by atoms with Crippen molar-refractivity contribution >= 4 is 11.6 Å². The molecular formula is C18H22N2O. The Morgan fingerprint density at radius 3 is 2.43 bits per heavy atom. The molecule has 0 radical (unpaired) electrons. The van der Waals surface area contributed by atoms with E-state index in [0.717, 1.165) is 17.8 Å². The molecule has 0 unspecified atom stereocenters. The van der Waals surface area contributed by atoms with Gasteiger partial charge in [-0.3, -0.25) is 4.79 Å². The van der Waals surface area contributed by atoms with Gasteiger partial charge in [-0.05, 0) is 36.8 Å². The highest BCUT2D eigenvalue weighted by atomic mass is 16.1. The van der Waals surface area contributed by atoms with Crippen molar-refractivity contribution in [3.8, 4) is 0 Å². The maximum atomic E-state index is 12.1. The predicted octanol–water partition coefficient (Wildman–Crippen LogP) is 3.75. The number of aryl methyl sites for hydroxylation is 1. The molecule has 0 aliphatic carbocycles. The normalized spacial score (nSPS) is 10.7. The first-order valence-electron chi connectivity index (χ1n) is 7.25. The average molecular weight is 282 g/mol. The Hall–Kier alpha value is -2.13. The number of carbonyl (C=O) groups is 1. The Morgan fingerprint density at radius 2 is 1.81 bits per heavy atom. The minimum Gasteiger partial charge on any atom is -0.322 e. The van der Waals surface area contributed by atoms with E-state index in [9.17, 15) is 4.79 Å². The van der Waals surface area contributed by atoms with Crippen molar-refractivity contribution in [3.05, 3.63) is 65.2 Å². The highest BCUT2D eigenvalue weighted by molar-refractivity contribution is 6.04. The average Bonchev–Trinajstić information content (AvgIpc) is 2.46. The van der Waals surface area contributed by atoms with E-state index in [1.165, 1.54) is 5.56 Å². The topological polar surface area (TPSA) is 41.1 Å². The lowest BCUT2D eigenvalue weighted by Gasteiger charge is -2.09. The van der Waals surface area contributed by atoms with E-state index in [-0.39, 0.29) is 5.91 Å². The number of carbonyl (C=O) groups excluding carboxylic acids is 1. The van der Waals surface area contributed by atoms with Crippen molar-refractivity contribution in [2.45, 2.75) is 33.4 Å². The minimum absolute atomic E-state index is 0.0771. The minimum atomic E-state index is -0.0771. The van der Waals surface area contributed by atoms with Crippen molar-refractivity contribution in [3.63, 3.8) is 0 Å². The molecule has 0 spiro atoms. The summed E-state index contributed by atoms with van der Waals surface area (Å²) in [5.41, 5.74) is 3.78. The van der Waals surface area contributed by atoms with Gasteiger partial charge >= 0.3 is 0 Å². The molecule has 0 aliphatic heterocycles. The van der Waals surface area contributed by atoms with Crippen molar-refractivity contribution in [2.75, 3.05) is 5.32 Å². The molecule has 2 N–H and O–H groups in total. The smallest absolute Gasteiger partial charge is 0.255 e. The molecule has 0 aromatic heterocycles. The van der Waals surface area contributed by atoms with Crippen LogP contribution in [0.3, 0.4) is 0 Å². The fraction of sp³-hybridized carbons (Fsp3) is 0.278. The van der Waals surface area contributed by atoms with Gasteiger partial charge in [0.15, 0.2) is 0 Å². The van der Waals surface area contributed by atoms with Gasteiger partial charge in [-0.2, -0.15) is 0 Å². The second kappa shape index (κ2) is 7.04. The molecular weight excluding hydrogens is 260 g/mol. The fourth-order valence-electron chi connectivity index (χ4n) is 2.02. The maximum Gasteiger partial charge on any atom is 0.255 e. The van der Waals surface area contributed by atoms with Gasteiger partial charge in [-0.1, -0.05) is 43.7 Å². The van der Waals surface area contributed by atoms with E-state index >= 15 is 0 Å². The summed E-state index contributed by atoms with van der Waals surface area (Å²) in [4.78, 5) is 12.1. The highest BCUT2D eigenvalue weighted by Crippen LogP contribution is 2.12. The monoisotopic (exact) mass is 282 g/mol. The second-order valence-corrected chi connectivity index (χ2v) is 5.56. The van der Waals surface area contributed by atoms with Crippen LogP contribution in [0.15, 0.2) is 48.5 Å². The number of hydrogen-bond donors (Lipinski definition) is 2. The van der Waals surface area contributed by atoms with Gasteiger partial charge in [0.2, 0.25) is 0 Å². The SMILES string of the molecule is Cc1cccc(C(=O)Nc2ccc(CNC(C)C)cc2)c1. The summed E-state index contributed by atoms with van der Waals surface area (Å²) in [6, 6.07) is 16.0. The third kappa shape index (κ3) is 4.72. The third-order valence-electron chi connectivity index (χ3n) is 3.21. The zero-order chi connectivity index (χ0) is 15.2. The van der Waals surface area contributed by atoms with E-state index in [4.69, 9.17) is 0 Å². The molecule has 3 nitrogen and oxygen atoms in total. The molecule has 0 atom stereocenters. The maximum absolute atomic E-state index is 12.1. The molecule has 0 heterocycles. The molecule has 21 heavy (non-hydrogen) atoms. The lowest BCUT2D eigenvalue weighted by atomic mass is 10.1. The van der Waals surface area contributed by atoms with Gasteiger partial charge in [0, 0.05) is 23.8 Å². The van der Waals surface area contributed by atoms with Gasteiger partial charge in [0.1, 0.15) is 0 Å². The molecule has 0 bridgehead atoms. The largest absolute Gasteiger partial charge is 0.322 e. The molecule has 1 amide bonds. The van der Waals surface area contributed by atoms with Crippen LogP contribution < -0.4 is 10.6 Å². The second-order valence-electron chi connectivity index (χ2n) is 5.56. The molecule has 0 saturated heterocycles. The summed E-state index contributed by atoms with van der Waals surface area (Å²) in [6.45, 7) is 7.06. The molecule has 2 aromatic carbocycles. The predicted molar refractivity (Wildman–Crippen MR) is 87.5 cm³/mol. The lowest BCUT2D eigenvalue weighted by molar-refractivity contribution is 0.102. The van der Waals surface area contributed by atoms with Crippen LogP contribution in [0.1, 0.15) is 35.3 Å². The number of hydrogen-bond acceptors (Lipinski definition) is 2. The first-order valence-corrected chi connectivity index (χ1v) is 7.25. The fourth-order valence-corrected chi connectivity index (χ4v) is 2.02. The molecule has 0 fully saturated rings. The zero-order valence-electron chi connectivity index (χ0n) is 12.8. The molecule has 2 rings (SSSR count). The van der Waals surface area contributed by atoms with Crippen molar-refractivity contribution in [2.24, 2.45) is 0 Å². The standard InChI is InChI=1S/C18H22N2O/c1-13(2)19-12-15-7-9-17(10-8-15)20-18(21)16-6-4-5-14(3)11-16/h4-11,13,19H,12H2,1-3H3,(H,20,21). The van der Waals surface area contributed by atoms with Crippen LogP contribution in [0.25, 0.3) is 0 Å². The summed E-state index contributed by atoms with van der Waals surface area (Å²) in [7, 11) is 0. The first kappa shape index (κ1) is 15.3. The summed E-state index contributed by atoms with van der Waals surface area (Å²) < 4.78 is 0. The summed E-state index contributed by atoms with van der Waals surface area (Å²) in [5, 5.41) is 6.28. The summed E-state index contributed by atoms with van der Waals surface area (Å²) in [5.74, 6) is -0.0771. The number of amides is 1. The Morgan fingerprint density at radius 1 is 1.10 bits per heavy atom. The Labute approximate surface area is 126 Å². The highest BCUT2D eigenvalue weighted by Gasteiger charge is 2.06. The van der Waals surface area contributed by atoms with E-state index in [2.05, 4.69) is 24.5 Å². The number of nitrogens with one attached hydrogen (secondary N) is 2. The first-order chi connectivity index (χ1) is 10.0. The van der Waals surface area contributed by atoms with Crippen LogP contribution in [0.5, 0.6) is 0 Å². The van der Waals surface area contributed by atoms with Gasteiger partial charge in [0.05, 0.1) is 0 Å². The van der Waals surface area contributed by atoms with Gasteiger partial charge in [-0.25, -0.2) is 0 Å². The Balaban J connectivity index is 1.98. The van der Waals surface area contributed by atoms with Crippen LogP contribution >= 0.6 is 0 Å². The van der Waals surface area contributed by atoms with Gasteiger partial charge < -0.3 is 10.6 Å². The van der Waals surface area contributed by atoms with Crippen molar-refractivity contribution in [1.82, 2.24) is 5.32 Å². The van der Waals surface area contributed by atoms with Crippen molar-refractivity contribution < 1.29 is 4.79 Å². The van der Waals surface area contributed by atoms with Crippen LogP contribution in [0.2, 0.25) is 0 Å².